The zero-order chi connectivity index (χ0) is 13.1. The fourth-order valence-electron chi connectivity index (χ4n) is 3.17. The molecule has 1 aromatic rings. The number of hydrogen-bond acceptors (Lipinski definition) is 3. The van der Waals surface area contributed by atoms with Gasteiger partial charge in [0.05, 0.1) is 0 Å². The highest BCUT2D eigenvalue weighted by molar-refractivity contribution is 6.01. The molecule has 0 atom stereocenters. The molecule has 0 spiro atoms. The number of ketones is 1. The highest BCUT2D eigenvalue weighted by atomic mass is 16.1. The molecule has 0 N–H and O–H groups in total. The van der Waals surface area contributed by atoms with Gasteiger partial charge in [-0.2, -0.15) is 0 Å². The lowest BCUT2D eigenvalue weighted by atomic mass is 10.1. The first-order valence-corrected chi connectivity index (χ1v) is 7.44. The minimum Gasteiger partial charge on any atom is -0.370 e. The molecular formula is C16H22N2O. The first-order valence-electron chi connectivity index (χ1n) is 7.44. The normalized spacial score (nSPS) is 20.4. The summed E-state index contributed by atoms with van der Waals surface area (Å²) < 4.78 is 0. The van der Waals surface area contributed by atoms with Crippen molar-refractivity contribution in [1.29, 1.82) is 0 Å². The van der Waals surface area contributed by atoms with Crippen molar-refractivity contribution in [3.63, 3.8) is 0 Å². The van der Waals surface area contributed by atoms with Crippen molar-refractivity contribution in [2.24, 2.45) is 0 Å². The number of carbonyl (C=O) groups is 1. The molecule has 0 radical (unpaired) electrons. The lowest BCUT2D eigenvalue weighted by Gasteiger charge is -2.27. The summed E-state index contributed by atoms with van der Waals surface area (Å²) in [5.74, 6) is 0.305. The quantitative estimate of drug-likeness (QED) is 0.832. The Balaban J connectivity index is 1.73. The summed E-state index contributed by atoms with van der Waals surface area (Å²) in [7, 11) is 0. The van der Waals surface area contributed by atoms with Gasteiger partial charge in [0.2, 0.25) is 0 Å². The molecule has 1 aromatic carbocycles. The minimum atomic E-state index is 0.305. The molecular weight excluding hydrogens is 236 g/mol. The number of benzene rings is 1. The van der Waals surface area contributed by atoms with E-state index >= 15 is 0 Å². The van der Waals surface area contributed by atoms with Crippen LogP contribution in [0.2, 0.25) is 0 Å². The third kappa shape index (κ3) is 2.81. The average molecular weight is 258 g/mol. The van der Waals surface area contributed by atoms with E-state index in [1.54, 1.807) is 0 Å². The molecule has 19 heavy (non-hydrogen) atoms. The van der Waals surface area contributed by atoms with Gasteiger partial charge < -0.3 is 9.80 Å². The average Bonchev–Trinajstić information content (AvgIpc) is 2.90. The maximum atomic E-state index is 12.1. The van der Waals surface area contributed by atoms with Crippen LogP contribution in [0.4, 0.5) is 5.69 Å². The highest BCUT2D eigenvalue weighted by Crippen LogP contribution is 2.26. The lowest BCUT2D eigenvalue weighted by molar-refractivity contribution is 0.0984. The second-order valence-corrected chi connectivity index (χ2v) is 5.58. The van der Waals surface area contributed by atoms with Crippen molar-refractivity contribution in [3.05, 3.63) is 29.8 Å². The first kappa shape index (κ1) is 12.7. The molecule has 0 aromatic heterocycles. The summed E-state index contributed by atoms with van der Waals surface area (Å²) in [6.07, 6.45) is 4.36. The van der Waals surface area contributed by atoms with E-state index in [9.17, 15) is 4.79 Å². The van der Waals surface area contributed by atoms with Crippen LogP contribution < -0.4 is 4.90 Å². The van der Waals surface area contributed by atoms with E-state index in [0.29, 0.717) is 12.2 Å². The van der Waals surface area contributed by atoms with Gasteiger partial charge in [-0.15, -0.1) is 0 Å². The first-order chi connectivity index (χ1) is 9.34. The van der Waals surface area contributed by atoms with Crippen LogP contribution >= 0.6 is 0 Å². The molecule has 1 saturated heterocycles. The standard InChI is InChI=1S/C16H22N2O/c19-16-8-5-11-18(13-12-17-9-3-4-10-17)15-7-2-1-6-14(15)16/h1-2,6-7H,3-5,8-13H2. The van der Waals surface area contributed by atoms with Crippen LogP contribution in [0.1, 0.15) is 36.0 Å². The number of para-hydroxylation sites is 1. The van der Waals surface area contributed by atoms with E-state index in [2.05, 4.69) is 15.9 Å². The fraction of sp³-hybridized carbons (Fsp3) is 0.562. The molecule has 2 aliphatic rings. The van der Waals surface area contributed by atoms with Crippen molar-refractivity contribution >= 4 is 11.5 Å². The van der Waals surface area contributed by atoms with Crippen LogP contribution in [0.25, 0.3) is 0 Å². The van der Waals surface area contributed by atoms with Crippen LogP contribution in [0.15, 0.2) is 24.3 Å². The van der Waals surface area contributed by atoms with Gasteiger partial charge in [-0.05, 0) is 44.5 Å². The predicted octanol–water partition coefficient (Wildman–Crippen LogP) is 2.57. The SMILES string of the molecule is O=C1CCCN(CCN2CCCC2)c2ccccc21. The Kier molecular flexibility index (Phi) is 3.83. The van der Waals surface area contributed by atoms with Gasteiger partial charge in [-0.25, -0.2) is 0 Å². The minimum absolute atomic E-state index is 0.305. The third-order valence-electron chi connectivity index (χ3n) is 4.26. The molecule has 3 heteroatoms. The number of rotatable bonds is 3. The Labute approximate surface area is 115 Å². The summed E-state index contributed by atoms with van der Waals surface area (Å²) in [6, 6.07) is 8.09. The highest BCUT2D eigenvalue weighted by Gasteiger charge is 2.21. The maximum absolute atomic E-state index is 12.1. The third-order valence-corrected chi connectivity index (χ3v) is 4.26. The summed E-state index contributed by atoms with van der Waals surface area (Å²) in [4.78, 5) is 17.0. The number of Topliss-reactive ketones (excluding diaryl/α,β-unsaturated/α-hetero) is 1. The van der Waals surface area contributed by atoms with Gasteiger partial charge in [0.15, 0.2) is 5.78 Å². The Morgan fingerprint density at radius 1 is 0.947 bits per heavy atom. The Morgan fingerprint density at radius 2 is 1.74 bits per heavy atom. The van der Waals surface area contributed by atoms with Crippen molar-refractivity contribution < 1.29 is 4.79 Å². The number of carbonyl (C=O) groups excluding carboxylic acids is 1. The van der Waals surface area contributed by atoms with Gasteiger partial charge >= 0.3 is 0 Å². The fourth-order valence-corrected chi connectivity index (χ4v) is 3.17. The molecule has 0 bridgehead atoms. The van der Waals surface area contributed by atoms with Gasteiger partial charge in [-0.1, -0.05) is 12.1 Å². The van der Waals surface area contributed by atoms with E-state index in [0.717, 1.165) is 37.3 Å². The topological polar surface area (TPSA) is 23.6 Å². The van der Waals surface area contributed by atoms with E-state index in [1.807, 2.05) is 18.2 Å². The molecule has 0 saturated carbocycles. The second kappa shape index (κ2) is 5.74. The van der Waals surface area contributed by atoms with Crippen LogP contribution in [0.3, 0.4) is 0 Å². The van der Waals surface area contributed by atoms with Gasteiger partial charge in [0.1, 0.15) is 0 Å². The van der Waals surface area contributed by atoms with E-state index in [-0.39, 0.29) is 0 Å². The Hall–Kier alpha value is -1.35. The summed E-state index contributed by atoms with van der Waals surface area (Å²) in [5.41, 5.74) is 2.06. The van der Waals surface area contributed by atoms with E-state index in [4.69, 9.17) is 0 Å². The molecule has 0 unspecified atom stereocenters. The van der Waals surface area contributed by atoms with Crippen LogP contribution in [-0.4, -0.2) is 43.4 Å². The van der Waals surface area contributed by atoms with Crippen molar-refractivity contribution in [1.82, 2.24) is 4.90 Å². The van der Waals surface area contributed by atoms with Crippen LogP contribution in [0, 0.1) is 0 Å². The van der Waals surface area contributed by atoms with Crippen molar-refractivity contribution in [2.75, 3.05) is 37.6 Å². The molecule has 0 amide bonds. The van der Waals surface area contributed by atoms with Gasteiger partial charge in [-0.3, -0.25) is 4.79 Å². The zero-order valence-electron chi connectivity index (χ0n) is 11.5. The molecule has 1 fully saturated rings. The monoisotopic (exact) mass is 258 g/mol. The van der Waals surface area contributed by atoms with Crippen molar-refractivity contribution in [3.8, 4) is 0 Å². The second-order valence-electron chi connectivity index (χ2n) is 5.58. The summed E-state index contributed by atoms with van der Waals surface area (Å²) in [6.45, 7) is 5.67. The Morgan fingerprint density at radius 3 is 2.58 bits per heavy atom. The number of nitrogens with zero attached hydrogens (tertiary/aromatic N) is 2. The number of hydrogen-bond donors (Lipinski definition) is 0. The van der Waals surface area contributed by atoms with E-state index < -0.39 is 0 Å². The van der Waals surface area contributed by atoms with Gasteiger partial charge in [0, 0.05) is 37.3 Å². The molecule has 2 heterocycles. The van der Waals surface area contributed by atoms with Crippen molar-refractivity contribution in [2.45, 2.75) is 25.7 Å². The molecule has 0 aliphatic carbocycles. The Bertz CT molecular complexity index is 452. The van der Waals surface area contributed by atoms with Crippen LogP contribution in [-0.2, 0) is 0 Å². The van der Waals surface area contributed by atoms with Gasteiger partial charge in [0.25, 0.3) is 0 Å². The smallest absolute Gasteiger partial charge is 0.165 e. The maximum Gasteiger partial charge on any atom is 0.165 e. The zero-order valence-corrected chi connectivity index (χ0v) is 11.5. The molecule has 102 valence electrons. The largest absolute Gasteiger partial charge is 0.370 e. The lowest BCUT2D eigenvalue weighted by Crippen LogP contribution is -2.34. The van der Waals surface area contributed by atoms with Crippen LogP contribution in [0.5, 0.6) is 0 Å². The molecule has 2 aliphatic heterocycles. The summed E-state index contributed by atoms with van der Waals surface area (Å²) in [5, 5.41) is 0. The number of fused-ring (bicyclic) bond motifs is 1. The number of anilines is 1. The molecule has 3 rings (SSSR count). The summed E-state index contributed by atoms with van der Waals surface area (Å²) >= 11 is 0. The predicted molar refractivity (Wildman–Crippen MR) is 77.9 cm³/mol. The van der Waals surface area contributed by atoms with E-state index in [1.165, 1.54) is 25.9 Å². The number of likely N-dealkylation sites (tertiary alicyclic amines) is 1. The molecule has 3 nitrogen and oxygen atoms in total.